The lowest BCUT2D eigenvalue weighted by molar-refractivity contribution is -0.121. The molecule has 0 aromatic heterocycles. The Labute approximate surface area is 209 Å². The number of rotatable bonds is 8. The predicted octanol–water partition coefficient (Wildman–Crippen LogP) is 4.80. The third-order valence-corrected chi connectivity index (χ3v) is 7.19. The molecule has 0 saturated heterocycles. The van der Waals surface area contributed by atoms with Crippen LogP contribution >= 0.6 is 39.1 Å². The molecule has 0 fully saturated rings. The molecule has 11 heteroatoms. The molecule has 1 amide bonds. The number of carbonyl (C=O) groups is 1. The fraction of sp³-hybridized carbons (Fsp3) is 0.0909. The van der Waals surface area contributed by atoms with Gasteiger partial charge in [-0.25, -0.2) is 13.8 Å². The molecule has 0 bridgehead atoms. The Morgan fingerprint density at radius 3 is 2.48 bits per heavy atom. The number of phenols is 1. The molecule has 33 heavy (non-hydrogen) atoms. The number of hydrogen-bond acceptors (Lipinski definition) is 5. The third-order valence-electron chi connectivity index (χ3n) is 4.40. The lowest BCUT2D eigenvalue weighted by atomic mass is 10.2. The molecule has 7 nitrogen and oxygen atoms in total. The van der Waals surface area contributed by atoms with E-state index in [-0.39, 0.29) is 17.2 Å². The van der Waals surface area contributed by atoms with Crippen LogP contribution in [0.1, 0.15) is 11.1 Å². The summed E-state index contributed by atoms with van der Waals surface area (Å²) in [6.45, 7) is -0.589. The SMILES string of the molecule is O=C(CN(Cc1cccc(Cl)c1)S(=O)(=O)c1ccc(Cl)cc1)N/N=C\c1cc(Br)ccc1O. The van der Waals surface area contributed by atoms with Gasteiger partial charge < -0.3 is 5.11 Å². The zero-order chi connectivity index (χ0) is 24.0. The van der Waals surface area contributed by atoms with Gasteiger partial charge in [0.2, 0.25) is 10.0 Å². The molecule has 172 valence electrons. The summed E-state index contributed by atoms with van der Waals surface area (Å²) in [5, 5.41) is 14.5. The first-order chi connectivity index (χ1) is 15.6. The van der Waals surface area contributed by atoms with E-state index < -0.39 is 22.5 Å². The number of carbonyl (C=O) groups excluding carboxylic acids is 1. The van der Waals surface area contributed by atoms with Gasteiger partial charge in [-0.1, -0.05) is 51.3 Å². The molecule has 3 rings (SSSR count). The molecule has 0 aliphatic rings. The second-order valence-corrected chi connectivity index (χ2v) is 10.6. The van der Waals surface area contributed by atoms with Gasteiger partial charge in [0.1, 0.15) is 5.75 Å². The van der Waals surface area contributed by atoms with Crippen LogP contribution in [0.4, 0.5) is 0 Å². The molecule has 3 aromatic rings. The molecule has 0 aliphatic carbocycles. The van der Waals surface area contributed by atoms with Crippen LogP contribution < -0.4 is 5.43 Å². The summed E-state index contributed by atoms with van der Waals surface area (Å²) in [6.07, 6.45) is 1.26. The predicted molar refractivity (Wildman–Crippen MR) is 132 cm³/mol. The minimum absolute atomic E-state index is 0.00992. The fourth-order valence-corrected chi connectivity index (χ4v) is 4.92. The number of nitrogens with zero attached hydrogens (tertiary/aromatic N) is 2. The zero-order valence-electron chi connectivity index (χ0n) is 17.0. The zero-order valence-corrected chi connectivity index (χ0v) is 20.9. The van der Waals surface area contributed by atoms with Crippen molar-refractivity contribution in [1.82, 2.24) is 9.73 Å². The van der Waals surface area contributed by atoms with Gasteiger partial charge in [-0.2, -0.15) is 9.41 Å². The van der Waals surface area contributed by atoms with Gasteiger partial charge in [-0.15, -0.1) is 0 Å². The smallest absolute Gasteiger partial charge is 0.255 e. The van der Waals surface area contributed by atoms with Crippen LogP contribution in [0.15, 0.2) is 81.2 Å². The highest BCUT2D eigenvalue weighted by Gasteiger charge is 2.27. The summed E-state index contributed by atoms with van der Waals surface area (Å²) < 4.78 is 28.2. The molecule has 0 unspecified atom stereocenters. The first-order valence-electron chi connectivity index (χ1n) is 9.46. The minimum atomic E-state index is -4.04. The molecule has 0 saturated carbocycles. The summed E-state index contributed by atoms with van der Waals surface area (Å²) in [7, 11) is -4.04. The molecule has 0 radical (unpaired) electrons. The summed E-state index contributed by atoms with van der Waals surface area (Å²) in [4.78, 5) is 12.5. The summed E-state index contributed by atoms with van der Waals surface area (Å²) >= 11 is 15.2. The highest BCUT2D eigenvalue weighted by Crippen LogP contribution is 2.22. The number of phenolic OH excluding ortho intramolecular Hbond substituents is 1. The molecule has 0 aliphatic heterocycles. The normalized spacial score (nSPS) is 11.8. The van der Waals surface area contributed by atoms with Crippen LogP contribution in [0.5, 0.6) is 5.75 Å². The molecule has 0 spiro atoms. The Morgan fingerprint density at radius 1 is 1.06 bits per heavy atom. The average molecular weight is 571 g/mol. The van der Waals surface area contributed by atoms with Gasteiger partial charge in [-0.05, 0) is 60.2 Å². The first-order valence-corrected chi connectivity index (χ1v) is 12.4. The van der Waals surface area contributed by atoms with Crippen LogP contribution in [-0.2, 0) is 21.4 Å². The van der Waals surface area contributed by atoms with Crippen molar-refractivity contribution in [3.63, 3.8) is 0 Å². The molecule has 3 aromatic carbocycles. The Balaban J connectivity index is 1.81. The Hall–Kier alpha value is -2.43. The molecule has 0 atom stereocenters. The standard InChI is InChI=1S/C22H18BrCl2N3O4S/c23-17-4-9-21(29)16(11-17)12-26-27-22(30)14-28(13-15-2-1-3-19(25)10-15)33(31,32)20-7-5-18(24)6-8-20/h1-12,29H,13-14H2,(H,27,30)/b26-12-. The monoisotopic (exact) mass is 569 g/mol. The van der Waals surface area contributed by atoms with Crippen molar-refractivity contribution in [2.75, 3.05) is 6.54 Å². The van der Waals surface area contributed by atoms with E-state index in [9.17, 15) is 18.3 Å². The van der Waals surface area contributed by atoms with Gasteiger partial charge in [0.15, 0.2) is 0 Å². The maximum atomic E-state index is 13.2. The lowest BCUT2D eigenvalue weighted by Gasteiger charge is -2.21. The highest BCUT2D eigenvalue weighted by atomic mass is 79.9. The topological polar surface area (TPSA) is 99.1 Å². The van der Waals surface area contributed by atoms with Gasteiger partial charge in [0.05, 0.1) is 17.7 Å². The number of benzene rings is 3. The third kappa shape index (κ3) is 7.02. The average Bonchev–Trinajstić information content (AvgIpc) is 2.76. The number of hydrazone groups is 1. The second-order valence-electron chi connectivity index (χ2n) is 6.85. The van der Waals surface area contributed by atoms with Crippen molar-refractivity contribution in [2.24, 2.45) is 5.10 Å². The molecular weight excluding hydrogens is 553 g/mol. The second kappa shape index (κ2) is 11.1. The first kappa shape index (κ1) is 25.2. The van der Waals surface area contributed by atoms with E-state index in [0.29, 0.717) is 21.2 Å². The number of hydrogen-bond donors (Lipinski definition) is 2. The van der Waals surface area contributed by atoms with Crippen LogP contribution in [0.25, 0.3) is 0 Å². The van der Waals surface area contributed by atoms with Crippen molar-refractivity contribution in [2.45, 2.75) is 11.4 Å². The maximum absolute atomic E-state index is 13.2. The number of aromatic hydroxyl groups is 1. The van der Waals surface area contributed by atoms with E-state index in [0.717, 1.165) is 8.78 Å². The van der Waals surface area contributed by atoms with E-state index in [4.69, 9.17) is 23.2 Å². The van der Waals surface area contributed by atoms with Crippen LogP contribution in [0.3, 0.4) is 0 Å². The summed E-state index contributed by atoms with van der Waals surface area (Å²) in [5.41, 5.74) is 3.27. The maximum Gasteiger partial charge on any atom is 0.255 e. The van der Waals surface area contributed by atoms with Gasteiger partial charge in [-0.3, -0.25) is 4.79 Å². The highest BCUT2D eigenvalue weighted by molar-refractivity contribution is 9.10. The molecule has 0 heterocycles. The lowest BCUT2D eigenvalue weighted by Crippen LogP contribution is -2.39. The van der Waals surface area contributed by atoms with Crippen LogP contribution in [0, 0.1) is 0 Å². The van der Waals surface area contributed by atoms with E-state index in [2.05, 4.69) is 26.5 Å². The van der Waals surface area contributed by atoms with E-state index in [1.54, 1.807) is 36.4 Å². The van der Waals surface area contributed by atoms with E-state index in [1.165, 1.54) is 36.5 Å². The van der Waals surface area contributed by atoms with Crippen molar-refractivity contribution >= 4 is 61.3 Å². The van der Waals surface area contributed by atoms with Crippen LogP contribution in [-0.4, -0.2) is 36.5 Å². The number of halogens is 3. The molecular formula is C22H18BrCl2N3O4S. The van der Waals surface area contributed by atoms with Crippen molar-refractivity contribution in [1.29, 1.82) is 0 Å². The van der Waals surface area contributed by atoms with Crippen molar-refractivity contribution in [3.8, 4) is 5.75 Å². The Morgan fingerprint density at radius 2 is 1.79 bits per heavy atom. The Kier molecular flexibility index (Phi) is 8.50. The largest absolute Gasteiger partial charge is 0.507 e. The Bertz CT molecular complexity index is 1290. The molecule has 2 N–H and O–H groups in total. The van der Waals surface area contributed by atoms with E-state index in [1.807, 2.05) is 0 Å². The van der Waals surface area contributed by atoms with Gasteiger partial charge in [0, 0.05) is 26.6 Å². The van der Waals surface area contributed by atoms with Crippen molar-refractivity contribution in [3.05, 3.63) is 92.4 Å². The van der Waals surface area contributed by atoms with Crippen LogP contribution in [0.2, 0.25) is 10.0 Å². The van der Waals surface area contributed by atoms with E-state index >= 15 is 0 Å². The minimum Gasteiger partial charge on any atom is -0.507 e. The van der Waals surface area contributed by atoms with Gasteiger partial charge >= 0.3 is 0 Å². The number of amides is 1. The summed E-state index contributed by atoms with van der Waals surface area (Å²) in [5.74, 6) is -0.690. The van der Waals surface area contributed by atoms with Crippen molar-refractivity contribution < 1.29 is 18.3 Å². The van der Waals surface area contributed by atoms with Gasteiger partial charge in [0.25, 0.3) is 5.91 Å². The fourth-order valence-electron chi connectivity index (χ4n) is 2.82. The quantitative estimate of drug-likeness (QED) is 0.300. The number of sulfonamides is 1. The number of nitrogens with one attached hydrogen (secondary N) is 1. The summed E-state index contributed by atoms with van der Waals surface area (Å²) in [6, 6.07) is 17.1.